The highest BCUT2D eigenvalue weighted by Crippen LogP contribution is 2.09. The number of imidazole rings is 1. The zero-order valence-electron chi connectivity index (χ0n) is 12.4. The first kappa shape index (κ1) is 15.1. The van der Waals surface area contributed by atoms with Crippen LogP contribution in [0.1, 0.15) is 11.4 Å². The summed E-state index contributed by atoms with van der Waals surface area (Å²) in [5.41, 5.74) is 1.30. The van der Waals surface area contributed by atoms with Gasteiger partial charge in [0.05, 0.1) is 12.6 Å². The first-order valence-corrected chi connectivity index (χ1v) is 8.61. The number of hydrogen-bond acceptors (Lipinski definition) is 4. The van der Waals surface area contributed by atoms with Gasteiger partial charge in [0, 0.05) is 30.6 Å². The number of nitrogens with one attached hydrogen (secondary N) is 2. The molecular formula is C16H20N4OS. The van der Waals surface area contributed by atoms with E-state index in [4.69, 9.17) is 0 Å². The molecule has 5 nitrogen and oxygen atoms in total. The van der Waals surface area contributed by atoms with Crippen LogP contribution in [0.3, 0.4) is 0 Å². The molecule has 0 radical (unpaired) electrons. The molecule has 1 unspecified atom stereocenters. The van der Waals surface area contributed by atoms with Crippen LogP contribution in [-0.2, 0) is 24.3 Å². The summed E-state index contributed by atoms with van der Waals surface area (Å²) in [6, 6.07) is 10.3. The standard InChI is InChI=1S/C16H20N4OS/c21-16(14-11-22-12-19-14)18-10-15-17-7-9-20(15)8-6-13-4-2-1-3-5-13/h1-5,7,9,14,19H,6,8,10-12H2,(H,18,21). The van der Waals surface area contributed by atoms with Gasteiger partial charge in [0.1, 0.15) is 5.82 Å². The molecule has 22 heavy (non-hydrogen) atoms. The third-order valence-electron chi connectivity index (χ3n) is 3.74. The second kappa shape index (κ2) is 7.47. The fourth-order valence-corrected chi connectivity index (χ4v) is 3.40. The van der Waals surface area contributed by atoms with E-state index < -0.39 is 0 Å². The van der Waals surface area contributed by atoms with E-state index in [1.54, 1.807) is 18.0 Å². The summed E-state index contributed by atoms with van der Waals surface area (Å²) >= 11 is 1.75. The van der Waals surface area contributed by atoms with Crippen LogP contribution in [0, 0.1) is 0 Å². The highest BCUT2D eigenvalue weighted by atomic mass is 32.2. The molecule has 1 aromatic carbocycles. The van der Waals surface area contributed by atoms with Crippen LogP contribution >= 0.6 is 11.8 Å². The number of thioether (sulfide) groups is 1. The molecule has 0 spiro atoms. The Bertz CT molecular complexity index is 608. The topological polar surface area (TPSA) is 59.0 Å². The zero-order chi connectivity index (χ0) is 15.2. The van der Waals surface area contributed by atoms with Crippen molar-refractivity contribution >= 4 is 17.7 Å². The Morgan fingerprint density at radius 2 is 2.27 bits per heavy atom. The number of rotatable bonds is 6. The molecule has 1 saturated heterocycles. The number of hydrogen-bond donors (Lipinski definition) is 2. The summed E-state index contributed by atoms with van der Waals surface area (Å²) in [5.74, 6) is 2.65. The molecule has 0 saturated carbocycles. The minimum absolute atomic E-state index is 0.0580. The monoisotopic (exact) mass is 316 g/mol. The lowest BCUT2D eigenvalue weighted by atomic mass is 10.1. The second-order valence-electron chi connectivity index (χ2n) is 5.26. The number of nitrogens with zero attached hydrogens (tertiary/aromatic N) is 2. The molecule has 0 aliphatic carbocycles. The minimum atomic E-state index is -0.0715. The quantitative estimate of drug-likeness (QED) is 0.846. The van der Waals surface area contributed by atoms with Crippen molar-refractivity contribution in [3.63, 3.8) is 0 Å². The SMILES string of the molecule is O=C(NCc1nccn1CCc1ccccc1)C1CSCN1. The molecule has 1 atom stereocenters. The van der Waals surface area contributed by atoms with Gasteiger partial charge in [0.15, 0.2) is 0 Å². The van der Waals surface area contributed by atoms with E-state index in [2.05, 4.69) is 44.5 Å². The van der Waals surface area contributed by atoms with Gasteiger partial charge in [-0.15, -0.1) is 11.8 Å². The van der Waals surface area contributed by atoms with E-state index in [1.165, 1.54) is 5.56 Å². The van der Waals surface area contributed by atoms with Gasteiger partial charge in [-0.25, -0.2) is 4.98 Å². The molecule has 116 valence electrons. The van der Waals surface area contributed by atoms with Crippen molar-refractivity contribution in [2.75, 3.05) is 11.6 Å². The highest BCUT2D eigenvalue weighted by Gasteiger charge is 2.22. The van der Waals surface area contributed by atoms with E-state index in [9.17, 15) is 4.79 Å². The summed E-state index contributed by atoms with van der Waals surface area (Å²) in [6.07, 6.45) is 4.71. The lowest BCUT2D eigenvalue weighted by Gasteiger charge is -2.12. The molecule has 2 aromatic rings. The van der Waals surface area contributed by atoms with Crippen molar-refractivity contribution in [3.8, 4) is 0 Å². The Morgan fingerprint density at radius 1 is 1.41 bits per heavy atom. The Balaban J connectivity index is 1.52. The Morgan fingerprint density at radius 3 is 3.05 bits per heavy atom. The van der Waals surface area contributed by atoms with Crippen molar-refractivity contribution in [3.05, 3.63) is 54.1 Å². The van der Waals surface area contributed by atoms with Crippen molar-refractivity contribution < 1.29 is 4.79 Å². The van der Waals surface area contributed by atoms with E-state index in [0.29, 0.717) is 6.54 Å². The van der Waals surface area contributed by atoms with Crippen LogP contribution in [0.2, 0.25) is 0 Å². The predicted molar refractivity (Wildman–Crippen MR) is 88.5 cm³/mol. The molecule has 1 amide bonds. The molecular weight excluding hydrogens is 296 g/mol. The lowest BCUT2D eigenvalue weighted by molar-refractivity contribution is -0.122. The number of carbonyl (C=O) groups excluding carboxylic acids is 1. The van der Waals surface area contributed by atoms with Crippen LogP contribution in [0.15, 0.2) is 42.7 Å². The molecule has 6 heteroatoms. The fourth-order valence-electron chi connectivity index (χ4n) is 2.46. The maximum absolute atomic E-state index is 12.0. The van der Waals surface area contributed by atoms with Crippen LogP contribution in [0.25, 0.3) is 0 Å². The van der Waals surface area contributed by atoms with Crippen LogP contribution in [0.4, 0.5) is 0 Å². The molecule has 0 bridgehead atoms. The molecule has 1 fully saturated rings. The van der Waals surface area contributed by atoms with E-state index in [0.717, 1.165) is 30.4 Å². The van der Waals surface area contributed by atoms with Crippen molar-refractivity contribution in [2.45, 2.75) is 25.6 Å². The van der Waals surface area contributed by atoms with Gasteiger partial charge < -0.3 is 9.88 Å². The Kier molecular flexibility index (Phi) is 5.13. The third kappa shape index (κ3) is 3.90. The number of aryl methyl sites for hydroxylation is 2. The summed E-state index contributed by atoms with van der Waals surface area (Å²) in [6.45, 7) is 1.34. The number of benzene rings is 1. The Labute approximate surface area is 134 Å². The van der Waals surface area contributed by atoms with Gasteiger partial charge in [-0.3, -0.25) is 10.1 Å². The van der Waals surface area contributed by atoms with E-state index in [-0.39, 0.29) is 11.9 Å². The van der Waals surface area contributed by atoms with Crippen molar-refractivity contribution in [1.82, 2.24) is 20.2 Å². The molecule has 1 aromatic heterocycles. The maximum atomic E-state index is 12.0. The summed E-state index contributed by atoms with van der Waals surface area (Å²) in [7, 11) is 0. The molecule has 2 N–H and O–H groups in total. The van der Waals surface area contributed by atoms with Crippen LogP contribution in [-0.4, -0.2) is 33.1 Å². The molecule has 1 aliphatic heterocycles. The number of amides is 1. The minimum Gasteiger partial charge on any atom is -0.347 e. The van der Waals surface area contributed by atoms with Gasteiger partial charge in [-0.1, -0.05) is 30.3 Å². The summed E-state index contributed by atoms with van der Waals surface area (Å²) < 4.78 is 2.10. The molecule has 1 aliphatic rings. The number of carbonyl (C=O) groups is 1. The second-order valence-corrected chi connectivity index (χ2v) is 6.29. The van der Waals surface area contributed by atoms with Crippen LogP contribution < -0.4 is 10.6 Å². The largest absolute Gasteiger partial charge is 0.347 e. The molecule has 3 rings (SSSR count). The van der Waals surface area contributed by atoms with Gasteiger partial charge in [0.2, 0.25) is 5.91 Å². The smallest absolute Gasteiger partial charge is 0.238 e. The zero-order valence-corrected chi connectivity index (χ0v) is 13.2. The lowest BCUT2D eigenvalue weighted by Crippen LogP contribution is -2.42. The average molecular weight is 316 g/mol. The summed E-state index contributed by atoms with van der Waals surface area (Å²) in [5, 5.41) is 6.14. The molecule has 2 heterocycles. The third-order valence-corrected chi connectivity index (χ3v) is 4.68. The van der Waals surface area contributed by atoms with E-state index in [1.807, 2.05) is 12.3 Å². The first-order valence-electron chi connectivity index (χ1n) is 7.46. The van der Waals surface area contributed by atoms with Gasteiger partial charge >= 0.3 is 0 Å². The maximum Gasteiger partial charge on any atom is 0.238 e. The average Bonchev–Trinajstić information content (AvgIpc) is 3.23. The summed E-state index contributed by atoms with van der Waals surface area (Å²) in [4.78, 5) is 16.4. The van der Waals surface area contributed by atoms with Gasteiger partial charge in [-0.05, 0) is 12.0 Å². The van der Waals surface area contributed by atoms with Gasteiger partial charge in [-0.2, -0.15) is 0 Å². The van der Waals surface area contributed by atoms with Gasteiger partial charge in [0.25, 0.3) is 0 Å². The highest BCUT2D eigenvalue weighted by molar-refractivity contribution is 7.99. The van der Waals surface area contributed by atoms with E-state index >= 15 is 0 Å². The fraction of sp³-hybridized carbons (Fsp3) is 0.375. The van der Waals surface area contributed by atoms with Crippen molar-refractivity contribution in [1.29, 1.82) is 0 Å². The normalized spacial score (nSPS) is 17.5. The first-order chi connectivity index (χ1) is 10.8. The number of aromatic nitrogens is 2. The van der Waals surface area contributed by atoms with Crippen LogP contribution in [0.5, 0.6) is 0 Å². The Hall–Kier alpha value is -1.79. The van der Waals surface area contributed by atoms with Crippen molar-refractivity contribution in [2.24, 2.45) is 0 Å². The predicted octanol–water partition coefficient (Wildman–Crippen LogP) is 1.40.